The molecule has 3 rings (SSSR count). The number of carbonyl (C=O) groups is 2. The quantitative estimate of drug-likeness (QED) is 0.520. The number of aromatic nitrogens is 1. The smallest absolute Gasteiger partial charge is 0.279 e. The van der Waals surface area contributed by atoms with E-state index in [9.17, 15) is 14.0 Å². The number of hydrogen-bond acceptors (Lipinski definition) is 6. The van der Waals surface area contributed by atoms with Crippen LogP contribution in [-0.4, -0.2) is 29.5 Å². The Bertz CT molecular complexity index is 1020. The molecule has 1 atom stereocenters. The summed E-state index contributed by atoms with van der Waals surface area (Å²) >= 11 is 1.36. The highest BCUT2D eigenvalue weighted by Crippen LogP contribution is 2.24. The second-order valence-corrected chi connectivity index (χ2v) is 7.39. The van der Waals surface area contributed by atoms with E-state index < -0.39 is 17.9 Å². The number of nitrogens with one attached hydrogen (secondary N) is 2. The van der Waals surface area contributed by atoms with Crippen LogP contribution in [-0.2, 0) is 16.0 Å². The number of ether oxygens (including phenoxy) is 2. The molecule has 0 bridgehead atoms. The first-order chi connectivity index (χ1) is 14.9. The van der Waals surface area contributed by atoms with Gasteiger partial charge < -0.3 is 9.47 Å². The van der Waals surface area contributed by atoms with Crippen molar-refractivity contribution in [3.8, 4) is 22.1 Å². The molecule has 0 aliphatic rings. The molecule has 2 aromatic carbocycles. The fourth-order valence-corrected chi connectivity index (χ4v) is 3.42. The van der Waals surface area contributed by atoms with E-state index in [4.69, 9.17) is 9.47 Å². The number of nitrogens with zero attached hydrogens (tertiary/aromatic N) is 1. The second-order valence-electron chi connectivity index (χ2n) is 6.53. The summed E-state index contributed by atoms with van der Waals surface area (Å²) in [4.78, 5) is 28.7. The van der Waals surface area contributed by atoms with E-state index in [-0.39, 0.29) is 12.2 Å². The summed E-state index contributed by atoms with van der Waals surface area (Å²) in [5.74, 6) is -0.0152. The largest absolute Gasteiger partial charge is 0.494 e. The van der Waals surface area contributed by atoms with Gasteiger partial charge in [-0.1, -0.05) is 0 Å². The highest BCUT2D eigenvalue weighted by molar-refractivity contribution is 7.13. The summed E-state index contributed by atoms with van der Waals surface area (Å²) in [7, 11) is 0. The molecule has 1 aromatic heterocycles. The van der Waals surface area contributed by atoms with Crippen molar-refractivity contribution >= 4 is 23.2 Å². The average Bonchev–Trinajstić information content (AvgIpc) is 3.22. The highest BCUT2D eigenvalue weighted by Gasteiger charge is 2.16. The van der Waals surface area contributed by atoms with Crippen molar-refractivity contribution < 1.29 is 23.5 Å². The van der Waals surface area contributed by atoms with Gasteiger partial charge in [0.2, 0.25) is 5.91 Å². The summed E-state index contributed by atoms with van der Waals surface area (Å²) < 4.78 is 24.0. The van der Waals surface area contributed by atoms with E-state index in [0.717, 1.165) is 5.56 Å². The van der Waals surface area contributed by atoms with E-state index >= 15 is 0 Å². The zero-order valence-corrected chi connectivity index (χ0v) is 17.9. The molecular weight excluding hydrogens is 421 g/mol. The summed E-state index contributed by atoms with van der Waals surface area (Å²) in [5, 5.41) is 2.43. The first-order valence-corrected chi connectivity index (χ1v) is 10.5. The van der Waals surface area contributed by atoms with Crippen LogP contribution in [0.2, 0.25) is 0 Å². The molecular formula is C22H22FN3O4S. The van der Waals surface area contributed by atoms with Gasteiger partial charge in [0.05, 0.1) is 18.7 Å². The molecule has 0 radical (unpaired) electrons. The van der Waals surface area contributed by atoms with Gasteiger partial charge in [0, 0.05) is 10.9 Å². The Hall–Kier alpha value is -3.46. The number of halogens is 1. The molecule has 0 aliphatic carbocycles. The van der Waals surface area contributed by atoms with Crippen molar-refractivity contribution in [2.24, 2.45) is 0 Å². The number of amides is 2. The van der Waals surface area contributed by atoms with Crippen LogP contribution in [0.5, 0.6) is 11.5 Å². The van der Waals surface area contributed by atoms with Gasteiger partial charge in [0.15, 0.2) is 6.10 Å². The Morgan fingerprint density at radius 1 is 1.06 bits per heavy atom. The second kappa shape index (κ2) is 10.5. The molecule has 0 unspecified atom stereocenters. The SMILES string of the molecule is CCOc1ccc(O[C@@H](C)C(=O)NNC(=O)Cc2csc(-c3ccc(F)cc3)n2)cc1. The maximum absolute atomic E-state index is 13.0. The van der Waals surface area contributed by atoms with Crippen molar-refractivity contribution in [3.63, 3.8) is 0 Å². The van der Waals surface area contributed by atoms with Crippen LogP contribution in [0.25, 0.3) is 10.6 Å². The molecule has 2 amide bonds. The van der Waals surface area contributed by atoms with Gasteiger partial charge in [-0.3, -0.25) is 20.4 Å². The number of carbonyl (C=O) groups excluding carboxylic acids is 2. The maximum Gasteiger partial charge on any atom is 0.279 e. The van der Waals surface area contributed by atoms with Crippen molar-refractivity contribution in [1.82, 2.24) is 15.8 Å². The van der Waals surface area contributed by atoms with Crippen LogP contribution in [0.4, 0.5) is 4.39 Å². The summed E-state index contributed by atoms with van der Waals surface area (Å²) in [6.07, 6.45) is -0.825. The molecule has 1 heterocycles. The molecule has 0 saturated heterocycles. The van der Waals surface area contributed by atoms with Gasteiger partial charge >= 0.3 is 0 Å². The van der Waals surface area contributed by atoms with E-state index in [0.29, 0.717) is 28.8 Å². The summed E-state index contributed by atoms with van der Waals surface area (Å²) in [5.41, 5.74) is 6.02. The van der Waals surface area contributed by atoms with Gasteiger partial charge in [-0.15, -0.1) is 11.3 Å². The van der Waals surface area contributed by atoms with E-state index in [1.54, 1.807) is 48.7 Å². The van der Waals surface area contributed by atoms with Crippen molar-refractivity contribution in [2.45, 2.75) is 26.4 Å². The van der Waals surface area contributed by atoms with Gasteiger partial charge in [-0.2, -0.15) is 0 Å². The summed E-state index contributed by atoms with van der Waals surface area (Å²) in [6.45, 7) is 4.03. The molecule has 7 nitrogen and oxygen atoms in total. The Kier molecular flexibility index (Phi) is 7.55. The molecule has 0 fully saturated rings. The Morgan fingerprint density at radius 2 is 1.74 bits per heavy atom. The molecule has 0 spiro atoms. The lowest BCUT2D eigenvalue weighted by Gasteiger charge is -2.15. The first kappa shape index (κ1) is 22.2. The van der Waals surface area contributed by atoms with Crippen molar-refractivity contribution in [3.05, 3.63) is 65.4 Å². The molecule has 3 aromatic rings. The third kappa shape index (κ3) is 6.51. The van der Waals surface area contributed by atoms with Gasteiger partial charge in [-0.25, -0.2) is 9.37 Å². The van der Waals surface area contributed by atoms with Crippen LogP contribution < -0.4 is 20.3 Å². The minimum atomic E-state index is -0.817. The van der Waals surface area contributed by atoms with E-state index in [1.807, 2.05) is 6.92 Å². The van der Waals surface area contributed by atoms with Gasteiger partial charge in [-0.05, 0) is 62.4 Å². The lowest BCUT2D eigenvalue weighted by Crippen LogP contribution is -2.47. The van der Waals surface area contributed by atoms with Crippen LogP contribution in [0.3, 0.4) is 0 Å². The first-order valence-electron chi connectivity index (χ1n) is 9.63. The number of thiazole rings is 1. The molecule has 0 saturated carbocycles. The Morgan fingerprint density at radius 3 is 2.42 bits per heavy atom. The normalized spacial score (nSPS) is 11.5. The van der Waals surface area contributed by atoms with Crippen molar-refractivity contribution in [2.75, 3.05) is 6.61 Å². The average molecular weight is 444 g/mol. The van der Waals surface area contributed by atoms with Crippen LogP contribution in [0.1, 0.15) is 19.5 Å². The number of rotatable bonds is 8. The van der Waals surface area contributed by atoms with Gasteiger partial charge in [0.1, 0.15) is 22.3 Å². The lowest BCUT2D eigenvalue weighted by atomic mass is 10.2. The zero-order valence-electron chi connectivity index (χ0n) is 17.1. The molecule has 2 N–H and O–H groups in total. The molecule has 31 heavy (non-hydrogen) atoms. The molecule has 0 aliphatic heterocycles. The number of benzene rings is 2. The standard InChI is InChI=1S/C22H22FN3O4S/c1-3-29-18-8-10-19(11-9-18)30-14(2)21(28)26-25-20(27)12-17-13-31-22(24-17)15-4-6-16(23)7-5-15/h4-11,13-14H,3,12H2,1-2H3,(H,25,27)(H,26,28)/t14-/m0/s1. The fraction of sp³-hybridized carbons (Fsp3) is 0.227. The van der Waals surface area contributed by atoms with Crippen LogP contribution in [0, 0.1) is 5.82 Å². The number of hydrogen-bond donors (Lipinski definition) is 2. The topological polar surface area (TPSA) is 89.5 Å². The van der Waals surface area contributed by atoms with Crippen LogP contribution >= 0.6 is 11.3 Å². The maximum atomic E-state index is 13.0. The zero-order chi connectivity index (χ0) is 22.2. The van der Waals surface area contributed by atoms with Gasteiger partial charge in [0.25, 0.3) is 5.91 Å². The van der Waals surface area contributed by atoms with Crippen molar-refractivity contribution in [1.29, 1.82) is 0 Å². The third-order valence-corrected chi connectivity index (χ3v) is 5.07. The number of hydrazine groups is 1. The predicted molar refractivity (Wildman–Crippen MR) is 115 cm³/mol. The minimum absolute atomic E-state index is 0.00783. The van der Waals surface area contributed by atoms with Crippen LogP contribution in [0.15, 0.2) is 53.9 Å². The predicted octanol–water partition coefficient (Wildman–Crippen LogP) is 3.51. The lowest BCUT2D eigenvalue weighted by molar-refractivity contribution is -0.132. The third-order valence-electron chi connectivity index (χ3n) is 4.13. The Labute approximate surface area is 183 Å². The summed E-state index contributed by atoms with van der Waals surface area (Å²) in [6, 6.07) is 12.9. The Balaban J connectivity index is 1.45. The monoisotopic (exact) mass is 443 g/mol. The molecule has 162 valence electrons. The highest BCUT2D eigenvalue weighted by atomic mass is 32.1. The minimum Gasteiger partial charge on any atom is -0.494 e. The van der Waals surface area contributed by atoms with E-state index in [2.05, 4.69) is 15.8 Å². The fourth-order valence-electron chi connectivity index (χ4n) is 2.59. The molecule has 9 heteroatoms. The van der Waals surface area contributed by atoms with E-state index in [1.165, 1.54) is 23.5 Å².